The fourth-order valence-corrected chi connectivity index (χ4v) is 4.92. The van der Waals surface area contributed by atoms with Crippen LogP contribution in [0.1, 0.15) is 37.4 Å². The van der Waals surface area contributed by atoms with Gasteiger partial charge >= 0.3 is 5.97 Å². The minimum absolute atomic E-state index is 0.104. The number of carbonyl (C=O) groups excluding carboxylic acids is 2. The number of terminal acetylenes is 1. The number of amides is 1. The number of nitrogens with zero attached hydrogens (tertiary/aromatic N) is 2. The highest BCUT2D eigenvalue weighted by Crippen LogP contribution is 2.59. The second-order valence-electron chi connectivity index (χ2n) is 8.91. The van der Waals surface area contributed by atoms with Crippen LogP contribution in [0.15, 0.2) is 54.6 Å². The fourth-order valence-electron chi connectivity index (χ4n) is 4.92. The largest absolute Gasteiger partial charge is 0.456 e. The Labute approximate surface area is 204 Å². The zero-order chi connectivity index (χ0) is 24.9. The molecule has 5 rings (SSSR count). The molecule has 0 bridgehead atoms. The van der Waals surface area contributed by atoms with Crippen LogP contribution in [0.3, 0.4) is 0 Å². The van der Waals surface area contributed by atoms with Gasteiger partial charge in [-0.15, -0.1) is 6.42 Å². The predicted molar refractivity (Wildman–Crippen MR) is 135 cm³/mol. The van der Waals surface area contributed by atoms with Gasteiger partial charge in [-0.1, -0.05) is 24.1 Å². The lowest BCUT2D eigenvalue weighted by Crippen LogP contribution is -2.36. The Hall–Kier alpha value is -4.44. The van der Waals surface area contributed by atoms with Gasteiger partial charge in [0.25, 0.3) is 5.91 Å². The fraction of sp³-hybridized carbons (Fsp3) is 0.214. The lowest BCUT2D eigenvalue weighted by molar-refractivity contribution is 0.0226. The van der Waals surface area contributed by atoms with Crippen molar-refractivity contribution in [2.75, 3.05) is 44.5 Å². The van der Waals surface area contributed by atoms with Crippen LogP contribution in [0.25, 0.3) is 0 Å². The maximum atomic E-state index is 13.3. The third-order valence-electron chi connectivity index (χ3n) is 6.36. The number of fused-ring (bicyclic) bond motifs is 6. The first-order valence-corrected chi connectivity index (χ1v) is 11.2. The van der Waals surface area contributed by atoms with Crippen LogP contribution in [0, 0.1) is 12.3 Å². The molecular weight excluding hydrogens is 442 g/mol. The van der Waals surface area contributed by atoms with Gasteiger partial charge in [-0.25, -0.2) is 4.79 Å². The predicted octanol–water partition coefficient (Wildman–Crippen LogP) is 3.75. The Balaban J connectivity index is 1.87. The monoisotopic (exact) mass is 467 g/mol. The van der Waals surface area contributed by atoms with E-state index in [1.807, 2.05) is 74.4 Å². The molecule has 2 aliphatic rings. The minimum atomic E-state index is -1.30. The van der Waals surface area contributed by atoms with E-state index in [1.165, 1.54) is 0 Å². The van der Waals surface area contributed by atoms with Crippen LogP contribution in [-0.2, 0) is 10.3 Å². The lowest BCUT2D eigenvalue weighted by Gasteiger charge is -2.40. The molecule has 7 heteroatoms. The number of ether oxygens (including phenoxy) is 2. The van der Waals surface area contributed by atoms with Crippen molar-refractivity contribution in [1.29, 1.82) is 0 Å². The van der Waals surface area contributed by atoms with Crippen molar-refractivity contribution < 1.29 is 19.1 Å². The molecule has 1 spiro atoms. The normalized spacial score (nSPS) is 16.8. The van der Waals surface area contributed by atoms with Gasteiger partial charge in [0.2, 0.25) is 0 Å². The van der Waals surface area contributed by atoms with Gasteiger partial charge in [0.15, 0.2) is 5.60 Å². The van der Waals surface area contributed by atoms with E-state index < -0.39 is 11.6 Å². The maximum Gasteiger partial charge on any atom is 0.340 e. The molecule has 3 aromatic carbocycles. The van der Waals surface area contributed by atoms with E-state index in [-0.39, 0.29) is 12.5 Å². The highest BCUT2D eigenvalue weighted by Gasteiger charge is 2.55. The zero-order valence-corrected chi connectivity index (χ0v) is 20.0. The second-order valence-corrected chi connectivity index (χ2v) is 8.91. The molecule has 3 aromatic rings. The summed E-state index contributed by atoms with van der Waals surface area (Å²) in [4.78, 5) is 30.1. The van der Waals surface area contributed by atoms with Crippen molar-refractivity contribution in [3.05, 3.63) is 82.4 Å². The third kappa shape index (κ3) is 3.22. The Morgan fingerprint density at radius 2 is 1.77 bits per heavy atom. The minimum Gasteiger partial charge on any atom is -0.456 e. The molecule has 1 amide bonds. The molecule has 0 fully saturated rings. The van der Waals surface area contributed by atoms with Crippen LogP contribution in [0.5, 0.6) is 11.5 Å². The van der Waals surface area contributed by atoms with Gasteiger partial charge in [-0.2, -0.15) is 0 Å². The average molecular weight is 468 g/mol. The molecule has 35 heavy (non-hydrogen) atoms. The van der Waals surface area contributed by atoms with Crippen LogP contribution >= 0.6 is 0 Å². The number of carbonyl (C=O) groups is 2. The smallest absolute Gasteiger partial charge is 0.340 e. The highest BCUT2D eigenvalue weighted by atomic mass is 16.6. The number of hydrogen-bond donors (Lipinski definition) is 1. The first-order chi connectivity index (χ1) is 16.8. The number of benzene rings is 3. The van der Waals surface area contributed by atoms with Crippen molar-refractivity contribution in [3.63, 3.8) is 0 Å². The van der Waals surface area contributed by atoms with Crippen LogP contribution in [-0.4, -0.2) is 46.6 Å². The van der Waals surface area contributed by atoms with Crippen molar-refractivity contribution >= 4 is 23.3 Å². The molecular formula is C28H25N3O4. The molecule has 0 radical (unpaired) electrons. The molecule has 1 unspecified atom stereocenters. The molecule has 0 saturated heterocycles. The molecule has 1 N–H and O–H groups in total. The second kappa shape index (κ2) is 8.10. The van der Waals surface area contributed by atoms with Gasteiger partial charge in [-0.3, -0.25) is 4.79 Å². The van der Waals surface area contributed by atoms with Crippen LogP contribution < -0.4 is 19.9 Å². The molecule has 0 aliphatic carbocycles. The number of hydrogen-bond acceptors (Lipinski definition) is 6. The molecule has 2 heterocycles. The first-order valence-electron chi connectivity index (χ1n) is 11.2. The summed E-state index contributed by atoms with van der Waals surface area (Å²) in [5.41, 5.74) is 3.27. The standard InChI is InChI=1S/C28H25N3O4/c1-6-15-29-26(32)17-11-12-18-20(16-17)28(35-27(18)33)19-9-7-8-10-22(19)34-23-14-13-21(30(2)3)25(24(23)28)31(4)5/h1,7-14,16H,15H2,2-5H3,(H,29,32). The topological polar surface area (TPSA) is 71.1 Å². The maximum absolute atomic E-state index is 13.3. The molecule has 1 atom stereocenters. The van der Waals surface area contributed by atoms with Crippen molar-refractivity contribution in [2.24, 2.45) is 0 Å². The summed E-state index contributed by atoms with van der Waals surface area (Å²) in [7, 11) is 7.81. The summed E-state index contributed by atoms with van der Waals surface area (Å²) in [6.45, 7) is 0.104. The van der Waals surface area contributed by atoms with E-state index >= 15 is 0 Å². The molecule has 0 saturated carbocycles. The van der Waals surface area contributed by atoms with E-state index in [1.54, 1.807) is 18.2 Å². The summed E-state index contributed by atoms with van der Waals surface area (Å²) in [5.74, 6) is 2.80. The van der Waals surface area contributed by atoms with Crippen molar-refractivity contribution in [3.8, 4) is 23.8 Å². The number of esters is 1. The zero-order valence-electron chi connectivity index (χ0n) is 20.0. The number of nitrogens with one attached hydrogen (secondary N) is 1. The van der Waals surface area contributed by atoms with Gasteiger partial charge in [-0.05, 0) is 36.4 Å². The summed E-state index contributed by atoms with van der Waals surface area (Å²) < 4.78 is 12.7. The van der Waals surface area contributed by atoms with Crippen molar-refractivity contribution in [2.45, 2.75) is 5.60 Å². The van der Waals surface area contributed by atoms with Gasteiger partial charge < -0.3 is 24.6 Å². The van der Waals surface area contributed by atoms with Crippen molar-refractivity contribution in [1.82, 2.24) is 5.32 Å². The Morgan fingerprint density at radius 3 is 2.49 bits per heavy atom. The van der Waals surface area contributed by atoms with Crippen LogP contribution in [0.2, 0.25) is 0 Å². The summed E-state index contributed by atoms with van der Waals surface area (Å²) >= 11 is 0. The molecule has 2 aliphatic heterocycles. The SMILES string of the molecule is C#CCNC(=O)c1ccc2c(c1)C1(OC2=O)c2ccccc2Oc2ccc(N(C)C)c(N(C)C)c21. The summed E-state index contributed by atoms with van der Waals surface area (Å²) in [5, 5.41) is 2.69. The van der Waals surface area contributed by atoms with Gasteiger partial charge in [0, 0.05) is 44.9 Å². The van der Waals surface area contributed by atoms with Crippen LogP contribution in [0.4, 0.5) is 11.4 Å². The number of anilines is 2. The first kappa shape index (κ1) is 22.4. The molecule has 7 nitrogen and oxygen atoms in total. The summed E-state index contributed by atoms with van der Waals surface area (Å²) in [6, 6.07) is 16.4. The highest BCUT2D eigenvalue weighted by molar-refractivity contribution is 6.01. The number of para-hydroxylation sites is 1. The van der Waals surface area contributed by atoms with E-state index in [9.17, 15) is 9.59 Å². The van der Waals surface area contributed by atoms with E-state index in [2.05, 4.69) is 11.2 Å². The Kier molecular flexibility index (Phi) is 5.17. The Morgan fingerprint density at radius 1 is 1.00 bits per heavy atom. The van der Waals surface area contributed by atoms with Gasteiger partial charge in [0.05, 0.1) is 29.0 Å². The summed E-state index contributed by atoms with van der Waals surface area (Å²) in [6.07, 6.45) is 5.31. The van der Waals surface area contributed by atoms with E-state index in [0.29, 0.717) is 39.3 Å². The third-order valence-corrected chi connectivity index (χ3v) is 6.36. The molecule has 0 aromatic heterocycles. The average Bonchev–Trinajstić information content (AvgIpc) is 3.13. The quantitative estimate of drug-likeness (QED) is 0.466. The lowest BCUT2D eigenvalue weighted by atomic mass is 9.76. The molecule has 176 valence electrons. The number of rotatable bonds is 4. The van der Waals surface area contributed by atoms with E-state index in [4.69, 9.17) is 15.9 Å². The van der Waals surface area contributed by atoms with Gasteiger partial charge in [0.1, 0.15) is 11.5 Å². The Bertz CT molecular complexity index is 1420. The van der Waals surface area contributed by atoms with E-state index in [0.717, 1.165) is 11.4 Å².